The van der Waals surface area contributed by atoms with E-state index in [1.165, 1.54) is 48.4 Å². The maximum Gasteiger partial charge on any atom is 0.387 e. The number of methoxy groups -OCH3 is 1. The fraction of sp³-hybridized carbons (Fsp3) is 0.200. The van der Waals surface area contributed by atoms with E-state index in [0.29, 0.717) is 5.56 Å². The van der Waals surface area contributed by atoms with Gasteiger partial charge < -0.3 is 24.4 Å². The Bertz CT molecular complexity index is 1190. The third kappa shape index (κ3) is 6.89. The van der Waals surface area contributed by atoms with Gasteiger partial charge >= 0.3 is 6.61 Å². The first-order chi connectivity index (χ1) is 16.8. The molecule has 2 amide bonds. The largest absolute Gasteiger partial charge is 0.493 e. The summed E-state index contributed by atoms with van der Waals surface area (Å²) in [6.07, 6.45) is 0. The monoisotopic (exact) mass is 488 g/mol. The van der Waals surface area contributed by atoms with Gasteiger partial charge in [0, 0.05) is 13.6 Å². The van der Waals surface area contributed by atoms with Gasteiger partial charge in [-0.25, -0.2) is 4.39 Å². The minimum Gasteiger partial charge on any atom is -0.493 e. The number of para-hydroxylation sites is 2. The van der Waals surface area contributed by atoms with E-state index in [0.717, 1.165) is 0 Å². The Labute approximate surface area is 200 Å². The number of alkyl halides is 2. The van der Waals surface area contributed by atoms with Crippen LogP contribution in [-0.4, -0.2) is 44.1 Å². The summed E-state index contributed by atoms with van der Waals surface area (Å²) in [4.78, 5) is 26.6. The highest BCUT2D eigenvalue weighted by atomic mass is 19.3. The Morgan fingerprint density at radius 1 is 0.971 bits per heavy atom. The maximum absolute atomic E-state index is 13.7. The van der Waals surface area contributed by atoms with Gasteiger partial charge in [0.15, 0.2) is 18.1 Å². The van der Waals surface area contributed by atoms with Crippen LogP contribution in [0, 0.1) is 5.82 Å². The molecule has 0 saturated carbocycles. The van der Waals surface area contributed by atoms with Crippen molar-refractivity contribution in [2.75, 3.05) is 26.1 Å². The van der Waals surface area contributed by atoms with Crippen LogP contribution >= 0.6 is 0 Å². The summed E-state index contributed by atoms with van der Waals surface area (Å²) in [7, 11) is 2.88. The summed E-state index contributed by atoms with van der Waals surface area (Å²) >= 11 is 0. The third-order valence-corrected chi connectivity index (χ3v) is 4.83. The van der Waals surface area contributed by atoms with Crippen molar-refractivity contribution in [1.29, 1.82) is 0 Å². The van der Waals surface area contributed by atoms with Gasteiger partial charge in [-0.2, -0.15) is 8.78 Å². The van der Waals surface area contributed by atoms with Gasteiger partial charge in [-0.05, 0) is 42.0 Å². The van der Waals surface area contributed by atoms with Crippen LogP contribution in [-0.2, 0) is 11.3 Å². The molecule has 0 saturated heterocycles. The van der Waals surface area contributed by atoms with Crippen molar-refractivity contribution in [1.82, 2.24) is 4.90 Å². The summed E-state index contributed by atoms with van der Waals surface area (Å²) in [5, 5.41) is 2.41. The molecule has 7 nitrogen and oxygen atoms in total. The van der Waals surface area contributed by atoms with E-state index >= 15 is 0 Å². The highest BCUT2D eigenvalue weighted by molar-refractivity contribution is 5.97. The van der Waals surface area contributed by atoms with Crippen LogP contribution in [0.4, 0.5) is 18.9 Å². The molecule has 1 N–H and O–H groups in total. The highest BCUT2D eigenvalue weighted by Gasteiger charge is 2.19. The molecule has 0 fully saturated rings. The SMILES string of the molecule is COc1cc(CN(C)C(=O)c2ccccc2OCC(=O)Nc2ccccc2F)ccc1OC(F)F. The number of carbonyl (C=O) groups is 2. The average Bonchev–Trinajstić information content (AvgIpc) is 2.84. The summed E-state index contributed by atoms with van der Waals surface area (Å²) in [6, 6.07) is 16.5. The Hall–Kier alpha value is -4.21. The lowest BCUT2D eigenvalue weighted by Gasteiger charge is -2.20. The maximum atomic E-state index is 13.7. The average molecular weight is 488 g/mol. The molecule has 35 heavy (non-hydrogen) atoms. The van der Waals surface area contributed by atoms with Crippen LogP contribution < -0.4 is 19.5 Å². The second-order valence-electron chi connectivity index (χ2n) is 7.34. The first-order valence-corrected chi connectivity index (χ1v) is 10.4. The molecule has 0 atom stereocenters. The second-order valence-corrected chi connectivity index (χ2v) is 7.34. The van der Waals surface area contributed by atoms with Gasteiger partial charge in [-0.3, -0.25) is 9.59 Å². The third-order valence-electron chi connectivity index (χ3n) is 4.83. The number of nitrogens with one attached hydrogen (secondary N) is 1. The molecule has 0 aliphatic rings. The van der Waals surface area contributed by atoms with E-state index in [4.69, 9.17) is 9.47 Å². The zero-order valence-corrected chi connectivity index (χ0v) is 19.0. The lowest BCUT2D eigenvalue weighted by Crippen LogP contribution is -2.27. The van der Waals surface area contributed by atoms with Crippen LogP contribution in [0.5, 0.6) is 17.2 Å². The van der Waals surface area contributed by atoms with E-state index < -0.39 is 30.8 Å². The first-order valence-electron chi connectivity index (χ1n) is 10.4. The van der Waals surface area contributed by atoms with Gasteiger partial charge in [0.25, 0.3) is 11.8 Å². The second kappa shape index (κ2) is 11.8. The smallest absolute Gasteiger partial charge is 0.387 e. The predicted octanol–water partition coefficient (Wildman–Crippen LogP) is 4.73. The van der Waals surface area contributed by atoms with Gasteiger partial charge in [-0.15, -0.1) is 0 Å². The molecule has 0 unspecified atom stereocenters. The van der Waals surface area contributed by atoms with E-state index in [-0.39, 0.29) is 35.0 Å². The van der Waals surface area contributed by atoms with Gasteiger partial charge in [0.1, 0.15) is 11.6 Å². The van der Waals surface area contributed by atoms with Crippen LogP contribution in [0.25, 0.3) is 0 Å². The van der Waals surface area contributed by atoms with Crippen molar-refractivity contribution in [3.8, 4) is 17.2 Å². The molecule has 184 valence electrons. The minimum atomic E-state index is -3.00. The summed E-state index contributed by atoms with van der Waals surface area (Å²) < 4.78 is 53.8. The van der Waals surface area contributed by atoms with Crippen molar-refractivity contribution < 1.29 is 37.0 Å². The number of anilines is 1. The van der Waals surface area contributed by atoms with Gasteiger partial charge in [0.05, 0.1) is 18.4 Å². The Kier molecular flexibility index (Phi) is 8.55. The molecule has 0 bridgehead atoms. The van der Waals surface area contributed by atoms with Crippen LogP contribution in [0.1, 0.15) is 15.9 Å². The number of benzene rings is 3. The number of halogens is 3. The predicted molar refractivity (Wildman–Crippen MR) is 122 cm³/mol. The number of ether oxygens (including phenoxy) is 3. The van der Waals surface area contributed by atoms with E-state index in [1.807, 2.05) is 0 Å². The molecular weight excluding hydrogens is 465 g/mol. The van der Waals surface area contributed by atoms with Crippen LogP contribution in [0.3, 0.4) is 0 Å². The minimum absolute atomic E-state index is 0.0191. The molecule has 0 heterocycles. The lowest BCUT2D eigenvalue weighted by atomic mass is 10.1. The summed E-state index contributed by atoms with van der Waals surface area (Å²) in [5.41, 5.74) is 0.839. The summed E-state index contributed by atoms with van der Waals surface area (Å²) in [5.74, 6) is -1.42. The molecule has 3 aromatic rings. The van der Waals surface area contributed by atoms with Crippen LogP contribution in [0.15, 0.2) is 66.7 Å². The Balaban J connectivity index is 1.66. The molecule has 3 rings (SSSR count). The van der Waals surface area contributed by atoms with Crippen molar-refractivity contribution >= 4 is 17.5 Å². The first kappa shape index (κ1) is 25.4. The molecule has 0 aromatic heterocycles. The van der Waals surface area contributed by atoms with E-state index in [9.17, 15) is 22.8 Å². The van der Waals surface area contributed by atoms with E-state index in [1.54, 1.807) is 37.4 Å². The highest BCUT2D eigenvalue weighted by Crippen LogP contribution is 2.30. The van der Waals surface area contributed by atoms with Crippen molar-refractivity contribution in [2.24, 2.45) is 0 Å². The zero-order valence-electron chi connectivity index (χ0n) is 19.0. The fourth-order valence-corrected chi connectivity index (χ4v) is 3.22. The zero-order chi connectivity index (χ0) is 25.4. The van der Waals surface area contributed by atoms with Crippen molar-refractivity contribution in [3.63, 3.8) is 0 Å². The molecule has 0 aliphatic heterocycles. The van der Waals surface area contributed by atoms with Gasteiger partial charge in [-0.1, -0.05) is 30.3 Å². The quantitative estimate of drug-likeness (QED) is 0.447. The normalized spacial score (nSPS) is 10.6. The number of nitrogens with zero attached hydrogens (tertiary/aromatic N) is 1. The lowest BCUT2D eigenvalue weighted by molar-refractivity contribution is -0.118. The standard InChI is InChI=1S/C25H23F3N2O5/c1-30(14-16-11-12-21(35-25(27)28)22(13-16)33-2)24(32)17-7-3-6-10-20(17)34-15-23(31)29-19-9-5-4-8-18(19)26/h3-13,25H,14-15H2,1-2H3,(H,29,31). The van der Waals surface area contributed by atoms with Crippen molar-refractivity contribution in [2.45, 2.75) is 13.2 Å². The Morgan fingerprint density at radius 3 is 2.40 bits per heavy atom. The number of carbonyl (C=O) groups excluding carboxylic acids is 2. The van der Waals surface area contributed by atoms with Gasteiger partial charge in [0.2, 0.25) is 0 Å². The number of hydrogen-bond donors (Lipinski definition) is 1. The number of rotatable bonds is 10. The molecular formula is C25H23F3N2O5. The molecule has 0 spiro atoms. The van der Waals surface area contributed by atoms with E-state index in [2.05, 4.69) is 10.1 Å². The number of hydrogen-bond acceptors (Lipinski definition) is 5. The fourth-order valence-electron chi connectivity index (χ4n) is 3.22. The number of amides is 2. The van der Waals surface area contributed by atoms with Crippen molar-refractivity contribution in [3.05, 3.63) is 83.7 Å². The summed E-state index contributed by atoms with van der Waals surface area (Å²) in [6.45, 7) is -3.30. The topological polar surface area (TPSA) is 77.1 Å². The molecule has 10 heteroatoms. The molecule has 0 radical (unpaired) electrons. The molecule has 3 aromatic carbocycles. The van der Waals surface area contributed by atoms with Crippen LogP contribution in [0.2, 0.25) is 0 Å². The molecule has 0 aliphatic carbocycles. The Morgan fingerprint density at radius 2 is 1.69 bits per heavy atom.